The Morgan fingerprint density at radius 2 is 2.00 bits per heavy atom. The lowest BCUT2D eigenvalue weighted by Crippen LogP contribution is -2.43. The number of nitrogens with zero attached hydrogens (tertiary/aromatic N) is 1. The van der Waals surface area contributed by atoms with Crippen LogP contribution in [0.4, 0.5) is 0 Å². The van der Waals surface area contributed by atoms with Gasteiger partial charge in [0.25, 0.3) is 0 Å². The lowest BCUT2D eigenvalue weighted by Gasteiger charge is -2.24. The second-order valence-corrected chi connectivity index (χ2v) is 6.12. The molecule has 2 N–H and O–H groups in total. The van der Waals surface area contributed by atoms with Gasteiger partial charge in [-0.05, 0) is 52.0 Å². The summed E-state index contributed by atoms with van der Waals surface area (Å²) in [5.74, 6) is -0.0339. The molecule has 0 fully saturated rings. The molecule has 0 radical (unpaired) electrons. The smallest absolute Gasteiger partial charge is 0.243 e. The van der Waals surface area contributed by atoms with Crippen molar-refractivity contribution in [2.24, 2.45) is 0 Å². The minimum Gasteiger partial charge on any atom is -0.350 e. The topological polar surface area (TPSA) is 49.8 Å². The molecule has 2 aromatic rings. The number of imidazole rings is 1. The van der Waals surface area contributed by atoms with Crippen molar-refractivity contribution in [2.75, 3.05) is 0 Å². The van der Waals surface area contributed by atoms with E-state index in [1.54, 1.807) is 0 Å². The molecule has 4 nitrogen and oxygen atoms in total. The first kappa shape index (κ1) is 13.8. The average molecular weight is 277 g/mol. The van der Waals surface area contributed by atoms with E-state index in [0.29, 0.717) is 4.77 Å². The third-order valence-corrected chi connectivity index (χ3v) is 3.19. The predicted octanol–water partition coefficient (Wildman–Crippen LogP) is 3.17. The van der Waals surface area contributed by atoms with Crippen LogP contribution in [0.3, 0.4) is 0 Å². The average Bonchev–Trinajstić information content (AvgIpc) is 2.61. The van der Waals surface area contributed by atoms with Crippen LogP contribution in [0.1, 0.15) is 33.7 Å². The highest BCUT2D eigenvalue weighted by atomic mass is 32.1. The maximum absolute atomic E-state index is 12.3. The van der Waals surface area contributed by atoms with Crippen LogP contribution in [-0.2, 0) is 4.79 Å². The number of hydrogen-bond donors (Lipinski definition) is 2. The molecule has 1 atom stereocenters. The third-order valence-electron chi connectivity index (χ3n) is 2.89. The number of benzene rings is 1. The SMILES string of the molecule is CC(C(=O)NC(C)(C)C)n1c(=S)[nH]c2ccccc21. The van der Waals surface area contributed by atoms with E-state index >= 15 is 0 Å². The molecule has 0 spiro atoms. The molecule has 1 heterocycles. The van der Waals surface area contributed by atoms with Crippen molar-refractivity contribution >= 4 is 29.2 Å². The number of amides is 1. The second kappa shape index (κ2) is 4.81. The van der Waals surface area contributed by atoms with Gasteiger partial charge in [-0.3, -0.25) is 4.79 Å². The summed E-state index contributed by atoms with van der Waals surface area (Å²) >= 11 is 5.32. The number of carbonyl (C=O) groups excluding carboxylic acids is 1. The number of nitrogens with one attached hydrogen (secondary N) is 2. The van der Waals surface area contributed by atoms with Gasteiger partial charge in [0, 0.05) is 5.54 Å². The number of aromatic amines is 1. The van der Waals surface area contributed by atoms with E-state index in [-0.39, 0.29) is 17.5 Å². The van der Waals surface area contributed by atoms with E-state index in [0.717, 1.165) is 11.0 Å². The second-order valence-electron chi connectivity index (χ2n) is 5.73. The molecular formula is C14H19N3OS. The maximum atomic E-state index is 12.3. The number of H-pyrrole nitrogens is 1. The molecule has 0 aliphatic carbocycles. The van der Waals surface area contributed by atoms with Gasteiger partial charge in [-0.25, -0.2) is 0 Å². The van der Waals surface area contributed by atoms with Gasteiger partial charge in [-0.1, -0.05) is 12.1 Å². The monoisotopic (exact) mass is 277 g/mol. The van der Waals surface area contributed by atoms with Gasteiger partial charge in [0.2, 0.25) is 5.91 Å². The van der Waals surface area contributed by atoms with Crippen LogP contribution >= 0.6 is 12.2 Å². The fourth-order valence-corrected chi connectivity index (χ4v) is 2.42. The van der Waals surface area contributed by atoms with Crippen molar-refractivity contribution < 1.29 is 4.79 Å². The summed E-state index contributed by atoms with van der Waals surface area (Å²) in [4.78, 5) is 15.4. The van der Waals surface area contributed by atoms with E-state index in [1.165, 1.54) is 0 Å². The molecule has 0 aliphatic rings. The van der Waals surface area contributed by atoms with Crippen molar-refractivity contribution in [1.29, 1.82) is 0 Å². The highest BCUT2D eigenvalue weighted by Crippen LogP contribution is 2.19. The zero-order valence-electron chi connectivity index (χ0n) is 11.7. The summed E-state index contributed by atoms with van der Waals surface area (Å²) in [6, 6.07) is 7.45. The van der Waals surface area contributed by atoms with Crippen LogP contribution in [0.25, 0.3) is 11.0 Å². The van der Waals surface area contributed by atoms with Gasteiger partial charge in [0.05, 0.1) is 11.0 Å². The summed E-state index contributed by atoms with van der Waals surface area (Å²) in [5.41, 5.74) is 1.64. The first-order valence-electron chi connectivity index (χ1n) is 6.31. The van der Waals surface area contributed by atoms with Crippen LogP contribution in [-0.4, -0.2) is 21.0 Å². The van der Waals surface area contributed by atoms with E-state index in [9.17, 15) is 4.79 Å². The lowest BCUT2D eigenvalue weighted by atomic mass is 10.1. The zero-order valence-corrected chi connectivity index (χ0v) is 12.5. The van der Waals surface area contributed by atoms with Crippen molar-refractivity contribution in [3.05, 3.63) is 29.0 Å². The Bertz CT molecular complexity index is 663. The summed E-state index contributed by atoms with van der Waals surface area (Å²) in [6.45, 7) is 7.75. The van der Waals surface area contributed by atoms with Crippen LogP contribution in [0, 0.1) is 4.77 Å². The summed E-state index contributed by atoms with van der Waals surface area (Å²) in [5, 5.41) is 2.98. The molecule has 2 rings (SSSR count). The molecule has 0 aliphatic heterocycles. The van der Waals surface area contributed by atoms with Gasteiger partial charge in [0.1, 0.15) is 6.04 Å². The number of para-hydroxylation sites is 2. The Kier molecular flexibility index (Phi) is 3.49. The molecule has 102 valence electrons. The Balaban J connectivity index is 2.42. The highest BCUT2D eigenvalue weighted by Gasteiger charge is 2.22. The Morgan fingerprint density at radius 3 is 2.63 bits per heavy atom. The first-order chi connectivity index (χ1) is 8.79. The molecular weight excluding hydrogens is 258 g/mol. The van der Waals surface area contributed by atoms with E-state index in [2.05, 4.69) is 10.3 Å². The Labute approximate surface area is 117 Å². The van der Waals surface area contributed by atoms with Crippen LogP contribution in [0.5, 0.6) is 0 Å². The number of carbonyl (C=O) groups is 1. The van der Waals surface area contributed by atoms with Gasteiger partial charge in [-0.15, -0.1) is 0 Å². The van der Waals surface area contributed by atoms with Gasteiger partial charge >= 0.3 is 0 Å². The predicted molar refractivity (Wildman–Crippen MR) is 79.7 cm³/mol. The summed E-state index contributed by atoms with van der Waals surface area (Å²) < 4.78 is 2.42. The summed E-state index contributed by atoms with van der Waals surface area (Å²) in [6.07, 6.45) is 0. The van der Waals surface area contributed by atoms with Crippen LogP contribution < -0.4 is 5.32 Å². The van der Waals surface area contributed by atoms with E-state index < -0.39 is 0 Å². The quantitative estimate of drug-likeness (QED) is 0.828. The molecule has 0 saturated heterocycles. The molecule has 1 aromatic carbocycles. The Morgan fingerprint density at radius 1 is 1.37 bits per heavy atom. The molecule has 1 aromatic heterocycles. The van der Waals surface area contributed by atoms with Crippen molar-refractivity contribution in [2.45, 2.75) is 39.3 Å². The Hall–Kier alpha value is -1.62. The standard InChI is InChI=1S/C14H19N3OS/c1-9(12(18)16-14(2,3)4)17-11-8-6-5-7-10(11)15-13(17)19/h5-9H,1-4H3,(H,15,19)(H,16,18). The minimum atomic E-state index is -0.345. The van der Waals surface area contributed by atoms with Crippen molar-refractivity contribution in [3.8, 4) is 0 Å². The normalized spacial score (nSPS) is 13.5. The van der Waals surface area contributed by atoms with Crippen molar-refractivity contribution in [3.63, 3.8) is 0 Å². The molecule has 5 heteroatoms. The fourth-order valence-electron chi connectivity index (χ4n) is 2.05. The number of fused-ring (bicyclic) bond motifs is 1. The molecule has 0 bridgehead atoms. The molecule has 0 saturated carbocycles. The third kappa shape index (κ3) is 2.87. The number of rotatable bonds is 2. The van der Waals surface area contributed by atoms with Crippen LogP contribution in [0.15, 0.2) is 24.3 Å². The maximum Gasteiger partial charge on any atom is 0.243 e. The molecule has 1 unspecified atom stereocenters. The molecule has 19 heavy (non-hydrogen) atoms. The van der Waals surface area contributed by atoms with Gasteiger partial charge in [-0.2, -0.15) is 0 Å². The van der Waals surface area contributed by atoms with Gasteiger partial charge in [0.15, 0.2) is 4.77 Å². The largest absolute Gasteiger partial charge is 0.350 e. The van der Waals surface area contributed by atoms with Crippen LogP contribution in [0.2, 0.25) is 0 Å². The number of aromatic nitrogens is 2. The molecule has 1 amide bonds. The summed E-state index contributed by atoms with van der Waals surface area (Å²) in [7, 11) is 0. The first-order valence-corrected chi connectivity index (χ1v) is 6.72. The fraction of sp³-hybridized carbons (Fsp3) is 0.429. The zero-order chi connectivity index (χ0) is 14.2. The van der Waals surface area contributed by atoms with Crippen molar-refractivity contribution in [1.82, 2.24) is 14.9 Å². The van der Waals surface area contributed by atoms with Gasteiger partial charge < -0.3 is 14.9 Å². The number of hydrogen-bond acceptors (Lipinski definition) is 2. The highest BCUT2D eigenvalue weighted by molar-refractivity contribution is 7.71. The lowest BCUT2D eigenvalue weighted by molar-refractivity contribution is -0.125. The van der Waals surface area contributed by atoms with E-state index in [1.807, 2.05) is 56.5 Å². The minimum absolute atomic E-state index is 0.0339. The van der Waals surface area contributed by atoms with E-state index in [4.69, 9.17) is 12.2 Å².